The maximum atomic E-state index is 5.81. The lowest BCUT2D eigenvalue weighted by Crippen LogP contribution is -2.39. The van der Waals surface area contributed by atoms with Gasteiger partial charge in [0.1, 0.15) is 17.5 Å². The molecule has 0 unspecified atom stereocenters. The zero-order chi connectivity index (χ0) is 18.8. The molecular weight excluding hydrogens is 354 g/mol. The second-order valence-electron chi connectivity index (χ2n) is 5.83. The summed E-state index contributed by atoms with van der Waals surface area (Å²) in [6.45, 7) is 4.60. The molecule has 0 radical (unpaired) electrons. The summed E-state index contributed by atoms with van der Waals surface area (Å²) in [6.07, 6.45) is 3.52. The van der Waals surface area contributed by atoms with Gasteiger partial charge in [-0.1, -0.05) is 17.7 Å². The van der Waals surface area contributed by atoms with E-state index in [1.807, 2.05) is 24.6 Å². The van der Waals surface area contributed by atoms with E-state index in [9.17, 15) is 0 Å². The van der Waals surface area contributed by atoms with E-state index in [0.717, 1.165) is 49.1 Å². The molecule has 0 saturated heterocycles. The molecule has 0 saturated carbocycles. The average molecular weight is 380 g/mol. The number of aryl methyl sites for hydroxylation is 1. The Bertz CT molecular complexity index is 700. The number of nitrogens with zero attached hydrogens (tertiary/aromatic N) is 5. The van der Waals surface area contributed by atoms with Gasteiger partial charge < -0.3 is 19.9 Å². The predicted octanol–water partition coefficient (Wildman–Crippen LogP) is 1.49. The summed E-state index contributed by atoms with van der Waals surface area (Å²) >= 11 is 5.81. The molecule has 8 nitrogen and oxygen atoms in total. The quantitative estimate of drug-likeness (QED) is 0.297. The summed E-state index contributed by atoms with van der Waals surface area (Å²) in [4.78, 5) is 8.70. The number of hydrogen-bond acceptors (Lipinski definition) is 5. The molecule has 0 spiro atoms. The topological polar surface area (TPSA) is 89.2 Å². The lowest BCUT2D eigenvalue weighted by molar-refractivity contribution is 0.195. The number of halogens is 1. The van der Waals surface area contributed by atoms with Crippen LogP contribution >= 0.6 is 11.6 Å². The fourth-order valence-electron chi connectivity index (χ4n) is 2.22. The molecular formula is C17H26ClN7O. The molecule has 9 heteroatoms. The Morgan fingerprint density at radius 3 is 2.73 bits per heavy atom. The minimum atomic E-state index is 0.458. The van der Waals surface area contributed by atoms with Crippen LogP contribution < -0.4 is 10.6 Å². The van der Waals surface area contributed by atoms with Crippen LogP contribution in [0.25, 0.3) is 0 Å². The van der Waals surface area contributed by atoms with Crippen molar-refractivity contribution < 1.29 is 4.74 Å². The van der Waals surface area contributed by atoms with Crippen LogP contribution in [0.15, 0.2) is 23.3 Å². The number of pyridine rings is 1. The molecule has 0 aliphatic rings. The highest BCUT2D eigenvalue weighted by molar-refractivity contribution is 6.29. The normalized spacial score (nSPS) is 11.6. The largest absolute Gasteiger partial charge is 0.385 e. The molecule has 0 amide bonds. The van der Waals surface area contributed by atoms with Gasteiger partial charge in [-0.05, 0) is 31.4 Å². The molecule has 2 aromatic heterocycles. The van der Waals surface area contributed by atoms with Gasteiger partial charge in [0.15, 0.2) is 11.8 Å². The van der Waals surface area contributed by atoms with Crippen molar-refractivity contribution in [2.24, 2.45) is 12.0 Å². The molecule has 2 N–H and O–H groups in total. The first-order chi connectivity index (χ1) is 12.6. The third-order valence-corrected chi connectivity index (χ3v) is 4.10. The lowest BCUT2D eigenvalue weighted by Gasteiger charge is -2.12. The van der Waals surface area contributed by atoms with E-state index in [0.29, 0.717) is 18.3 Å². The first-order valence-electron chi connectivity index (χ1n) is 8.56. The number of methoxy groups -OCH3 is 1. The Balaban J connectivity index is 1.90. The number of nitrogens with one attached hydrogen (secondary N) is 2. The maximum Gasteiger partial charge on any atom is 0.191 e. The van der Waals surface area contributed by atoms with Crippen molar-refractivity contribution in [1.29, 1.82) is 0 Å². The lowest BCUT2D eigenvalue weighted by atomic mass is 10.2. The minimum absolute atomic E-state index is 0.458. The van der Waals surface area contributed by atoms with Gasteiger partial charge in [-0.3, -0.25) is 0 Å². The van der Waals surface area contributed by atoms with Crippen LogP contribution in [0.3, 0.4) is 0 Å². The van der Waals surface area contributed by atoms with E-state index in [4.69, 9.17) is 16.3 Å². The molecule has 0 atom stereocenters. The predicted molar refractivity (Wildman–Crippen MR) is 102 cm³/mol. The van der Waals surface area contributed by atoms with Crippen molar-refractivity contribution in [1.82, 2.24) is 30.4 Å². The summed E-state index contributed by atoms with van der Waals surface area (Å²) in [5, 5.41) is 15.4. The minimum Gasteiger partial charge on any atom is -0.385 e. The summed E-state index contributed by atoms with van der Waals surface area (Å²) in [7, 11) is 3.64. The van der Waals surface area contributed by atoms with Crippen LogP contribution in [0.5, 0.6) is 0 Å². The van der Waals surface area contributed by atoms with Gasteiger partial charge in [-0.15, -0.1) is 10.2 Å². The fraction of sp³-hybridized carbons (Fsp3) is 0.529. The second-order valence-corrected chi connectivity index (χ2v) is 6.21. The average Bonchev–Trinajstić information content (AvgIpc) is 2.96. The zero-order valence-corrected chi connectivity index (χ0v) is 16.3. The smallest absolute Gasteiger partial charge is 0.191 e. The summed E-state index contributed by atoms with van der Waals surface area (Å²) in [5.41, 5.74) is 1.12. The van der Waals surface area contributed by atoms with Crippen LogP contribution in [0.4, 0.5) is 0 Å². The summed E-state index contributed by atoms with van der Waals surface area (Å²) in [6, 6.07) is 3.77. The zero-order valence-electron chi connectivity index (χ0n) is 15.5. The van der Waals surface area contributed by atoms with Gasteiger partial charge in [-0.25, -0.2) is 9.98 Å². The molecule has 0 aliphatic carbocycles. The Morgan fingerprint density at radius 1 is 1.27 bits per heavy atom. The van der Waals surface area contributed by atoms with Gasteiger partial charge in [0.25, 0.3) is 0 Å². The van der Waals surface area contributed by atoms with Crippen molar-refractivity contribution in [2.75, 3.05) is 26.8 Å². The molecule has 2 aromatic rings. The molecule has 142 valence electrons. The van der Waals surface area contributed by atoms with Crippen molar-refractivity contribution in [2.45, 2.75) is 26.3 Å². The van der Waals surface area contributed by atoms with Gasteiger partial charge in [0, 0.05) is 40.1 Å². The number of guanidine groups is 1. The standard InChI is InChI=1S/C17H26ClN7O/c1-13-23-24-16(25(13)2)12-22-17(19-8-4-10-26-3)20-9-7-14-5-6-15(18)21-11-14/h5-6,11H,4,7-10,12H2,1-3H3,(H2,19,20,22). The van der Waals surface area contributed by atoms with E-state index in [1.54, 1.807) is 19.4 Å². The molecule has 2 heterocycles. The first kappa shape index (κ1) is 20.1. The van der Waals surface area contributed by atoms with Gasteiger partial charge in [0.2, 0.25) is 0 Å². The highest BCUT2D eigenvalue weighted by Gasteiger charge is 2.05. The van der Waals surface area contributed by atoms with Gasteiger partial charge in [-0.2, -0.15) is 0 Å². The maximum absolute atomic E-state index is 5.81. The van der Waals surface area contributed by atoms with E-state index in [2.05, 4.69) is 30.8 Å². The molecule has 0 bridgehead atoms. The summed E-state index contributed by atoms with van der Waals surface area (Å²) in [5.74, 6) is 2.43. The van der Waals surface area contributed by atoms with Crippen LogP contribution in [-0.2, 0) is 24.8 Å². The van der Waals surface area contributed by atoms with Crippen molar-refractivity contribution >= 4 is 17.6 Å². The second kappa shape index (κ2) is 10.7. The SMILES string of the molecule is COCCCNC(=NCc1nnc(C)n1C)NCCc1ccc(Cl)nc1. The van der Waals surface area contributed by atoms with E-state index < -0.39 is 0 Å². The van der Waals surface area contributed by atoms with Crippen molar-refractivity contribution in [3.05, 3.63) is 40.7 Å². The number of rotatable bonds is 9. The Kier molecular flexibility index (Phi) is 8.30. The van der Waals surface area contributed by atoms with E-state index >= 15 is 0 Å². The Morgan fingerprint density at radius 2 is 2.08 bits per heavy atom. The van der Waals surface area contributed by atoms with Crippen LogP contribution in [0, 0.1) is 6.92 Å². The van der Waals surface area contributed by atoms with Gasteiger partial charge >= 0.3 is 0 Å². The summed E-state index contributed by atoms with van der Waals surface area (Å²) < 4.78 is 7.02. The van der Waals surface area contributed by atoms with E-state index in [-0.39, 0.29) is 0 Å². The van der Waals surface area contributed by atoms with Crippen LogP contribution in [0.2, 0.25) is 5.15 Å². The van der Waals surface area contributed by atoms with Crippen LogP contribution in [-0.4, -0.2) is 52.5 Å². The molecule has 0 aliphatic heterocycles. The fourth-order valence-corrected chi connectivity index (χ4v) is 2.33. The number of aliphatic imine (C=N–C) groups is 1. The molecule has 26 heavy (non-hydrogen) atoms. The molecule has 0 fully saturated rings. The Labute approximate surface area is 159 Å². The third-order valence-electron chi connectivity index (χ3n) is 3.87. The Hall–Kier alpha value is -2.19. The monoisotopic (exact) mass is 379 g/mol. The number of hydrogen-bond donors (Lipinski definition) is 2. The molecule has 0 aromatic carbocycles. The highest BCUT2D eigenvalue weighted by atomic mass is 35.5. The number of ether oxygens (including phenoxy) is 1. The molecule has 2 rings (SSSR count). The van der Waals surface area contributed by atoms with Crippen LogP contribution in [0.1, 0.15) is 23.6 Å². The van der Waals surface area contributed by atoms with Crippen molar-refractivity contribution in [3.63, 3.8) is 0 Å². The third kappa shape index (κ3) is 6.61. The van der Waals surface area contributed by atoms with E-state index in [1.165, 1.54) is 0 Å². The first-order valence-corrected chi connectivity index (χ1v) is 8.94. The highest BCUT2D eigenvalue weighted by Crippen LogP contribution is 2.05. The number of aromatic nitrogens is 4. The van der Waals surface area contributed by atoms with Gasteiger partial charge in [0.05, 0.1) is 0 Å². The van der Waals surface area contributed by atoms with Crippen molar-refractivity contribution in [3.8, 4) is 0 Å².